The minimum atomic E-state index is -1.16. The van der Waals surface area contributed by atoms with Crippen molar-refractivity contribution in [2.75, 3.05) is 38.8 Å². The first-order valence-electron chi connectivity index (χ1n) is 10.7. The number of carbonyl (C=O) groups is 3. The van der Waals surface area contributed by atoms with E-state index in [-0.39, 0.29) is 24.4 Å². The molecule has 0 aliphatic heterocycles. The van der Waals surface area contributed by atoms with Gasteiger partial charge in [-0.25, -0.2) is 0 Å². The van der Waals surface area contributed by atoms with Crippen LogP contribution in [0.2, 0.25) is 0 Å². The molecule has 0 saturated carbocycles. The molecule has 1 unspecified atom stereocenters. The van der Waals surface area contributed by atoms with Crippen molar-refractivity contribution in [3.63, 3.8) is 0 Å². The maximum absolute atomic E-state index is 13.2. The van der Waals surface area contributed by atoms with E-state index in [2.05, 4.69) is 0 Å². The number of aliphatic carboxylic acids is 1. The third kappa shape index (κ3) is 7.63. The maximum atomic E-state index is 13.2. The van der Waals surface area contributed by atoms with Gasteiger partial charge in [0, 0.05) is 57.2 Å². The molecule has 0 fully saturated rings. The molecule has 2 atom stereocenters. The summed E-state index contributed by atoms with van der Waals surface area (Å²) >= 11 is 0. The molecule has 31 heavy (non-hydrogen) atoms. The van der Waals surface area contributed by atoms with Crippen LogP contribution in [0.4, 0.5) is 5.69 Å². The Kier molecular flexibility index (Phi) is 11.2. The number of aldehydes is 1. The van der Waals surface area contributed by atoms with Crippen LogP contribution in [0.25, 0.3) is 0 Å². The first-order chi connectivity index (χ1) is 14.7. The lowest BCUT2D eigenvalue weighted by atomic mass is 9.96. The number of ether oxygens (including phenoxy) is 1. The number of hydrogen-bond donors (Lipinski definition) is 2. The number of amides is 1. The molecule has 0 radical (unpaired) electrons. The number of anilines is 1. The number of carboxylic acid groups (broad SMARTS) is 1. The summed E-state index contributed by atoms with van der Waals surface area (Å²) in [6.07, 6.45) is 2.28. The van der Waals surface area contributed by atoms with Gasteiger partial charge in [0.25, 0.3) is 5.91 Å². The number of methoxy groups -OCH3 is 1. The molecular formula is C23H37N3O5. The van der Waals surface area contributed by atoms with Crippen LogP contribution in [0.3, 0.4) is 0 Å². The van der Waals surface area contributed by atoms with E-state index in [1.807, 2.05) is 32.7 Å². The summed E-state index contributed by atoms with van der Waals surface area (Å²) in [5, 5.41) is 9.30. The third-order valence-corrected chi connectivity index (χ3v) is 5.36. The van der Waals surface area contributed by atoms with E-state index < -0.39 is 11.9 Å². The van der Waals surface area contributed by atoms with Crippen LogP contribution in [-0.4, -0.2) is 74.1 Å². The predicted octanol–water partition coefficient (Wildman–Crippen LogP) is 2.19. The highest BCUT2D eigenvalue weighted by Crippen LogP contribution is 2.26. The Morgan fingerprint density at radius 2 is 1.90 bits per heavy atom. The number of benzene rings is 1. The molecule has 0 aliphatic carbocycles. The van der Waals surface area contributed by atoms with Crippen molar-refractivity contribution in [1.29, 1.82) is 0 Å². The number of rotatable bonds is 14. The minimum absolute atomic E-state index is 0.0209. The molecule has 0 heterocycles. The fourth-order valence-corrected chi connectivity index (χ4v) is 3.58. The minimum Gasteiger partial charge on any atom is -0.481 e. The van der Waals surface area contributed by atoms with Gasteiger partial charge in [-0.15, -0.1) is 0 Å². The van der Waals surface area contributed by atoms with Crippen molar-refractivity contribution in [3.05, 3.63) is 29.3 Å². The van der Waals surface area contributed by atoms with Gasteiger partial charge < -0.3 is 30.2 Å². The molecule has 8 nitrogen and oxygen atoms in total. The highest BCUT2D eigenvalue weighted by Gasteiger charge is 2.25. The predicted molar refractivity (Wildman–Crippen MR) is 122 cm³/mol. The van der Waals surface area contributed by atoms with Gasteiger partial charge in [0.2, 0.25) is 0 Å². The second-order valence-electron chi connectivity index (χ2n) is 8.14. The largest absolute Gasteiger partial charge is 0.481 e. The fraction of sp³-hybridized carbons (Fsp3) is 0.609. The van der Waals surface area contributed by atoms with Crippen molar-refractivity contribution in [3.8, 4) is 0 Å². The van der Waals surface area contributed by atoms with Crippen molar-refractivity contribution in [2.45, 2.75) is 52.1 Å². The number of carbonyl (C=O) groups excluding carboxylic acids is 2. The summed E-state index contributed by atoms with van der Waals surface area (Å²) in [5.41, 5.74) is 7.78. The number of nitrogens with two attached hydrogens (primary N) is 1. The smallest absolute Gasteiger partial charge is 0.314 e. The molecule has 1 rings (SSSR count). The summed E-state index contributed by atoms with van der Waals surface area (Å²) < 4.78 is 5.10. The first kappa shape index (κ1) is 26.6. The van der Waals surface area contributed by atoms with Gasteiger partial charge in [0.15, 0.2) is 0 Å². The van der Waals surface area contributed by atoms with Gasteiger partial charge in [-0.05, 0) is 57.7 Å². The second kappa shape index (κ2) is 13.1. The first-order valence-corrected chi connectivity index (χ1v) is 10.7. The lowest BCUT2D eigenvalue weighted by molar-refractivity contribution is -0.143. The van der Waals surface area contributed by atoms with E-state index in [9.17, 15) is 19.5 Å². The number of unbranched alkanes of at least 4 members (excludes halogenated alkanes) is 1. The average Bonchev–Trinajstić information content (AvgIpc) is 2.74. The summed E-state index contributed by atoms with van der Waals surface area (Å²) in [7, 11) is 3.56. The normalized spacial score (nSPS) is 13.0. The topological polar surface area (TPSA) is 113 Å². The van der Waals surface area contributed by atoms with Crippen molar-refractivity contribution in [1.82, 2.24) is 4.90 Å². The molecule has 8 heteroatoms. The van der Waals surface area contributed by atoms with E-state index >= 15 is 0 Å². The molecule has 0 saturated heterocycles. The summed E-state index contributed by atoms with van der Waals surface area (Å²) in [6, 6.07) is 5.10. The Labute approximate surface area is 185 Å². The third-order valence-electron chi connectivity index (χ3n) is 5.36. The van der Waals surface area contributed by atoms with Gasteiger partial charge in [-0.1, -0.05) is 6.07 Å². The standard InChI is InChI=1S/C23H37N3O5/c1-16(2)26(17(3)14-24)22(28)19-9-8-18(12-20(15-27)23(29)30)21(13-19)25(4)10-6-7-11-31-5/h8-9,13,15-17,20H,6-7,10-12,14,24H2,1-5H3,(H,29,30)/t17-,20?/m1/s1. The molecule has 0 bridgehead atoms. The molecule has 3 N–H and O–H groups in total. The zero-order valence-corrected chi connectivity index (χ0v) is 19.3. The maximum Gasteiger partial charge on any atom is 0.314 e. The number of nitrogens with zero attached hydrogens (tertiary/aromatic N) is 2. The van der Waals surface area contributed by atoms with Crippen molar-refractivity contribution >= 4 is 23.9 Å². The van der Waals surface area contributed by atoms with E-state index in [0.29, 0.717) is 37.1 Å². The van der Waals surface area contributed by atoms with Crippen LogP contribution in [0.5, 0.6) is 0 Å². The zero-order valence-electron chi connectivity index (χ0n) is 19.3. The highest BCUT2D eigenvalue weighted by atomic mass is 16.5. The van der Waals surface area contributed by atoms with Gasteiger partial charge >= 0.3 is 5.97 Å². The summed E-state index contributed by atoms with van der Waals surface area (Å²) in [4.78, 5) is 39.6. The SMILES string of the molecule is COCCCCN(C)c1cc(C(=O)N(C(C)C)[C@H](C)CN)ccc1CC(C=O)C(=O)O. The molecular weight excluding hydrogens is 398 g/mol. The Hall–Kier alpha value is -2.45. The molecule has 1 amide bonds. The van der Waals surface area contributed by atoms with Gasteiger partial charge in [0.1, 0.15) is 12.2 Å². The Morgan fingerprint density at radius 1 is 1.23 bits per heavy atom. The van der Waals surface area contributed by atoms with Gasteiger partial charge in [0.05, 0.1) is 0 Å². The average molecular weight is 436 g/mol. The van der Waals surface area contributed by atoms with Crippen molar-refractivity contribution < 1.29 is 24.2 Å². The number of hydrogen-bond acceptors (Lipinski definition) is 6. The second-order valence-corrected chi connectivity index (χ2v) is 8.14. The van der Waals surface area contributed by atoms with Crippen molar-refractivity contribution in [2.24, 2.45) is 11.7 Å². The Morgan fingerprint density at radius 3 is 2.42 bits per heavy atom. The molecule has 1 aromatic carbocycles. The quantitative estimate of drug-likeness (QED) is 0.262. The molecule has 1 aromatic rings. The molecule has 0 aromatic heterocycles. The monoisotopic (exact) mass is 435 g/mol. The lowest BCUT2D eigenvalue weighted by Crippen LogP contribution is -2.46. The zero-order chi connectivity index (χ0) is 23.6. The number of carboxylic acids is 1. The molecule has 174 valence electrons. The summed E-state index contributed by atoms with van der Waals surface area (Å²) in [6.45, 7) is 7.53. The fourth-order valence-electron chi connectivity index (χ4n) is 3.58. The van der Waals surface area contributed by atoms with E-state index in [0.717, 1.165) is 18.5 Å². The highest BCUT2D eigenvalue weighted by molar-refractivity contribution is 5.96. The molecule has 0 aliphatic rings. The van der Waals surface area contributed by atoms with Crippen LogP contribution in [0, 0.1) is 5.92 Å². The van der Waals surface area contributed by atoms with Crippen LogP contribution in [0.15, 0.2) is 18.2 Å². The van der Waals surface area contributed by atoms with Crippen LogP contribution >= 0.6 is 0 Å². The van der Waals surface area contributed by atoms with Gasteiger partial charge in [-0.2, -0.15) is 0 Å². The van der Waals surface area contributed by atoms with Crippen LogP contribution in [0.1, 0.15) is 49.5 Å². The van der Waals surface area contributed by atoms with Gasteiger partial charge in [-0.3, -0.25) is 9.59 Å². The van der Waals surface area contributed by atoms with Crippen LogP contribution < -0.4 is 10.6 Å². The van der Waals surface area contributed by atoms with E-state index in [1.165, 1.54) is 0 Å². The lowest BCUT2D eigenvalue weighted by Gasteiger charge is -2.33. The van der Waals surface area contributed by atoms with E-state index in [1.54, 1.807) is 30.2 Å². The molecule has 0 spiro atoms. The summed E-state index contributed by atoms with van der Waals surface area (Å²) in [5.74, 6) is -2.42. The Balaban J connectivity index is 3.30. The van der Waals surface area contributed by atoms with E-state index in [4.69, 9.17) is 10.5 Å². The van der Waals surface area contributed by atoms with Crippen LogP contribution in [-0.2, 0) is 20.7 Å². The Bertz CT molecular complexity index is 738.